The Bertz CT molecular complexity index is 576. The molecule has 0 atom stereocenters. The number of sulfonamides is 1. The highest BCUT2D eigenvalue weighted by atomic mass is 32.2. The van der Waals surface area contributed by atoms with Crippen molar-refractivity contribution in [1.29, 1.82) is 0 Å². The van der Waals surface area contributed by atoms with Crippen LogP contribution in [0.3, 0.4) is 0 Å². The zero-order valence-corrected chi connectivity index (χ0v) is 13.6. The first-order valence-corrected chi connectivity index (χ1v) is 8.31. The van der Waals surface area contributed by atoms with Gasteiger partial charge in [0.05, 0.1) is 0 Å². The van der Waals surface area contributed by atoms with E-state index >= 15 is 0 Å². The van der Waals surface area contributed by atoms with Crippen molar-refractivity contribution in [2.24, 2.45) is 5.41 Å². The van der Waals surface area contributed by atoms with Crippen LogP contribution in [0.1, 0.15) is 23.5 Å². The van der Waals surface area contributed by atoms with Crippen molar-refractivity contribution in [2.45, 2.75) is 18.1 Å². The molecule has 114 valence electrons. The fraction of sp³-hybridized carbons (Fsp3) is 0.583. The second kappa shape index (κ2) is 6.21. The molecule has 1 aromatic heterocycles. The summed E-state index contributed by atoms with van der Waals surface area (Å²) in [7, 11) is 0.195. The molecule has 0 aliphatic carbocycles. The first kappa shape index (κ1) is 17.1. The maximum Gasteiger partial charge on any atom is 0.345 e. The van der Waals surface area contributed by atoms with E-state index in [0.717, 1.165) is 17.9 Å². The number of rotatable bonds is 7. The SMILES string of the molecule is CN(C)CC(C)(C)CNS(=O)(=O)c1ccc(C(=O)O)s1. The van der Waals surface area contributed by atoms with Gasteiger partial charge in [-0.1, -0.05) is 13.8 Å². The summed E-state index contributed by atoms with van der Waals surface area (Å²) in [5, 5.41) is 8.81. The molecule has 8 heteroatoms. The Kier molecular flexibility index (Phi) is 5.31. The third-order valence-electron chi connectivity index (χ3n) is 2.54. The van der Waals surface area contributed by atoms with Crippen LogP contribution >= 0.6 is 11.3 Å². The van der Waals surface area contributed by atoms with E-state index in [1.165, 1.54) is 12.1 Å². The van der Waals surface area contributed by atoms with Gasteiger partial charge in [0, 0.05) is 13.1 Å². The van der Waals surface area contributed by atoms with E-state index in [1.807, 2.05) is 32.8 Å². The molecule has 0 aliphatic rings. The van der Waals surface area contributed by atoms with E-state index in [1.54, 1.807) is 0 Å². The van der Waals surface area contributed by atoms with Gasteiger partial charge in [0.15, 0.2) is 0 Å². The van der Waals surface area contributed by atoms with Gasteiger partial charge in [-0.25, -0.2) is 17.9 Å². The lowest BCUT2D eigenvalue weighted by molar-refractivity contribution is 0.0702. The molecule has 0 bridgehead atoms. The van der Waals surface area contributed by atoms with Crippen LogP contribution in [-0.4, -0.2) is 51.6 Å². The molecule has 0 spiro atoms. The third-order valence-corrected chi connectivity index (χ3v) is 5.51. The van der Waals surface area contributed by atoms with Crippen molar-refractivity contribution in [2.75, 3.05) is 27.2 Å². The van der Waals surface area contributed by atoms with Gasteiger partial charge in [-0.3, -0.25) is 0 Å². The summed E-state index contributed by atoms with van der Waals surface area (Å²) in [5.74, 6) is -1.12. The molecule has 0 saturated carbocycles. The lowest BCUT2D eigenvalue weighted by atomic mass is 9.93. The van der Waals surface area contributed by atoms with Crippen molar-refractivity contribution >= 4 is 27.3 Å². The molecule has 0 aliphatic heterocycles. The minimum Gasteiger partial charge on any atom is -0.477 e. The van der Waals surface area contributed by atoms with Crippen LogP contribution in [0.15, 0.2) is 16.3 Å². The van der Waals surface area contributed by atoms with Crippen LogP contribution in [0.2, 0.25) is 0 Å². The average molecular weight is 320 g/mol. The van der Waals surface area contributed by atoms with Gasteiger partial charge in [-0.15, -0.1) is 11.3 Å². The first-order chi connectivity index (χ1) is 9.03. The Morgan fingerprint density at radius 1 is 1.40 bits per heavy atom. The van der Waals surface area contributed by atoms with Crippen molar-refractivity contribution in [3.05, 3.63) is 17.0 Å². The number of hydrogen-bond donors (Lipinski definition) is 2. The summed E-state index contributed by atoms with van der Waals surface area (Å²) in [5.41, 5.74) is -0.219. The van der Waals surface area contributed by atoms with Gasteiger partial charge in [0.25, 0.3) is 0 Å². The molecule has 0 saturated heterocycles. The Morgan fingerprint density at radius 2 is 2.00 bits per heavy atom. The summed E-state index contributed by atoms with van der Waals surface area (Å²) >= 11 is 0.752. The quantitative estimate of drug-likeness (QED) is 0.791. The third kappa shape index (κ3) is 4.86. The van der Waals surface area contributed by atoms with E-state index in [-0.39, 0.29) is 21.0 Å². The number of hydrogen-bond acceptors (Lipinski definition) is 5. The normalized spacial score (nSPS) is 12.8. The predicted molar refractivity (Wildman–Crippen MR) is 78.8 cm³/mol. The van der Waals surface area contributed by atoms with Crippen LogP contribution in [0, 0.1) is 5.41 Å². The Balaban J connectivity index is 2.77. The second-order valence-electron chi connectivity index (χ2n) is 5.65. The molecule has 1 heterocycles. The highest BCUT2D eigenvalue weighted by molar-refractivity contribution is 7.91. The number of aromatic carboxylic acids is 1. The van der Waals surface area contributed by atoms with Crippen LogP contribution in [0.4, 0.5) is 0 Å². The van der Waals surface area contributed by atoms with Gasteiger partial charge >= 0.3 is 5.97 Å². The molecule has 20 heavy (non-hydrogen) atoms. The van der Waals surface area contributed by atoms with Gasteiger partial charge in [-0.2, -0.15) is 0 Å². The Hall–Kier alpha value is -0.960. The maximum absolute atomic E-state index is 12.1. The van der Waals surface area contributed by atoms with Crippen LogP contribution < -0.4 is 4.72 Å². The standard InChI is InChI=1S/C12H20N2O4S2/c1-12(2,8-14(3)4)7-13-20(17,18)10-6-5-9(19-10)11(15)16/h5-6,13H,7-8H2,1-4H3,(H,15,16). The molecule has 0 radical (unpaired) electrons. The van der Waals surface area contributed by atoms with Crippen LogP contribution in [-0.2, 0) is 10.0 Å². The van der Waals surface area contributed by atoms with E-state index < -0.39 is 16.0 Å². The number of carboxylic acids is 1. The topological polar surface area (TPSA) is 86.7 Å². The highest BCUT2D eigenvalue weighted by Crippen LogP contribution is 2.22. The molecule has 0 amide bonds. The molecule has 0 fully saturated rings. The Labute approximate surface area is 123 Å². The van der Waals surface area contributed by atoms with Gasteiger partial charge in [0.2, 0.25) is 10.0 Å². The molecule has 0 unspecified atom stereocenters. The summed E-state index contributed by atoms with van der Waals surface area (Å²) < 4.78 is 26.7. The lowest BCUT2D eigenvalue weighted by Crippen LogP contribution is -2.39. The number of carbonyl (C=O) groups is 1. The smallest absolute Gasteiger partial charge is 0.345 e. The number of nitrogens with zero attached hydrogens (tertiary/aromatic N) is 1. The van der Waals surface area contributed by atoms with E-state index in [2.05, 4.69) is 4.72 Å². The fourth-order valence-electron chi connectivity index (χ4n) is 1.85. The lowest BCUT2D eigenvalue weighted by Gasteiger charge is -2.28. The van der Waals surface area contributed by atoms with Crippen LogP contribution in [0.5, 0.6) is 0 Å². The largest absolute Gasteiger partial charge is 0.477 e. The van der Waals surface area contributed by atoms with Crippen LogP contribution in [0.25, 0.3) is 0 Å². The zero-order valence-electron chi connectivity index (χ0n) is 12.0. The monoisotopic (exact) mass is 320 g/mol. The fourth-order valence-corrected chi connectivity index (χ4v) is 4.28. The highest BCUT2D eigenvalue weighted by Gasteiger charge is 2.24. The van der Waals surface area contributed by atoms with E-state index in [9.17, 15) is 13.2 Å². The predicted octanol–water partition coefficient (Wildman–Crippen LogP) is 1.31. The molecule has 6 nitrogen and oxygen atoms in total. The molecule has 2 N–H and O–H groups in total. The summed E-state index contributed by atoms with van der Waals surface area (Å²) in [6.07, 6.45) is 0. The van der Waals surface area contributed by atoms with E-state index in [4.69, 9.17) is 5.11 Å². The molecular weight excluding hydrogens is 300 g/mol. The van der Waals surface area contributed by atoms with Crippen molar-refractivity contribution in [3.8, 4) is 0 Å². The summed E-state index contributed by atoms with van der Waals surface area (Å²) in [4.78, 5) is 12.8. The number of carboxylic acid groups (broad SMARTS) is 1. The molecule has 1 rings (SSSR count). The second-order valence-corrected chi connectivity index (χ2v) is 8.73. The summed E-state index contributed by atoms with van der Waals surface area (Å²) in [6, 6.07) is 2.61. The number of thiophene rings is 1. The molecular formula is C12H20N2O4S2. The van der Waals surface area contributed by atoms with Gasteiger partial charge in [0.1, 0.15) is 9.09 Å². The average Bonchev–Trinajstić information content (AvgIpc) is 2.75. The number of nitrogens with one attached hydrogen (secondary N) is 1. The molecule has 0 aromatic carbocycles. The molecule has 1 aromatic rings. The van der Waals surface area contributed by atoms with Gasteiger partial charge < -0.3 is 10.0 Å². The zero-order chi connectivity index (χ0) is 15.6. The van der Waals surface area contributed by atoms with Gasteiger partial charge in [-0.05, 0) is 31.6 Å². The summed E-state index contributed by atoms with van der Waals surface area (Å²) in [6.45, 7) is 4.95. The minimum atomic E-state index is -3.66. The van der Waals surface area contributed by atoms with E-state index in [0.29, 0.717) is 0 Å². The minimum absolute atomic E-state index is 0.0120. The van der Waals surface area contributed by atoms with Crippen molar-refractivity contribution in [3.63, 3.8) is 0 Å². The maximum atomic E-state index is 12.1. The first-order valence-electron chi connectivity index (χ1n) is 6.01. The Morgan fingerprint density at radius 3 is 2.45 bits per heavy atom. The van der Waals surface area contributed by atoms with Crippen molar-refractivity contribution in [1.82, 2.24) is 9.62 Å². The van der Waals surface area contributed by atoms with Crippen molar-refractivity contribution < 1.29 is 18.3 Å².